The second-order valence-electron chi connectivity index (χ2n) is 6.80. The molecule has 24 heavy (non-hydrogen) atoms. The lowest BCUT2D eigenvalue weighted by molar-refractivity contribution is -0.120. The number of fused-ring (bicyclic) bond motifs is 1. The van der Waals surface area contributed by atoms with E-state index in [1.165, 1.54) is 32.1 Å². The van der Waals surface area contributed by atoms with Crippen molar-refractivity contribution in [3.8, 4) is 0 Å². The maximum atomic E-state index is 12.1. The third-order valence-corrected chi connectivity index (χ3v) is 4.95. The molecule has 3 rings (SSSR count). The van der Waals surface area contributed by atoms with Gasteiger partial charge >= 0.3 is 0 Å². The van der Waals surface area contributed by atoms with Crippen LogP contribution in [0.15, 0.2) is 0 Å². The molecule has 6 nitrogen and oxygen atoms in total. The highest BCUT2D eigenvalue weighted by molar-refractivity contribution is 5.79. The number of aromatic nitrogens is 4. The number of hydrogen-bond donors (Lipinski definition) is 1. The van der Waals surface area contributed by atoms with E-state index in [4.69, 9.17) is 5.10 Å². The van der Waals surface area contributed by atoms with Crippen molar-refractivity contribution in [3.63, 3.8) is 0 Å². The summed E-state index contributed by atoms with van der Waals surface area (Å²) in [6.07, 6.45) is 7.46. The molecular weight excluding hydrogens is 302 g/mol. The predicted octanol–water partition coefficient (Wildman–Crippen LogP) is 2.86. The number of amides is 1. The van der Waals surface area contributed by atoms with Crippen molar-refractivity contribution in [1.29, 1.82) is 0 Å². The summed E-state index contributed by atoms with van der Waals surface area (Å²) < 4.78 is 1.82. The topological polar surface area (TPSA) is 72.2 Å². The van der Waals surface area contributed by atoms with E-state index in [9.17, 15) is 4.79 Å². The first-order valence-corrected chi connectivity index (χ1v) is 9.09. The molecule has 0 aromatic carbocycles. The fourth-order valence-corrected chi connectivity index (χ4v) is 3.50. The number of nitrogens with one attached hydrogen (secondary N) is 1. The van der Waals surface area contributed by atoms with Gasteiger partial charge in [0.25, 0.3) is 5.78 Å². The van der Waals surface area contributed by atoms with Gasteiger partial charge in [0.05, 0.1) is 6.42 Å². The average molecular weight is 329 g/mol. The molecule has 0 unspecified atom stereocenters. The van der Waals surface area contributed by atoms with Gasteiger partial charge in [-0.1, -0.05) is 26.2 Å². The Bertz CT molecular complexity index is 731. The van der Waals surface area contributed by atoms with Gasteiger partial charge in [-0.2, -0.15) is 4.98 Å². The zero-order chi connectivity index (χ0) is 17.1. The molecule has 0 radical (unpaired) electrons. The van der Waals surface area contributed by atoms with E-state index in [-0.39, 0.29) is 5.91 Å². The minimum Gasteiger partial charge on any atom is -0.356 e. The van der Waals surface area contributed by atoms with Gasteiger partial charge in [-0.15, -0.1) is 5.10 Å². The molecule has 2 aromatic rings. The number of carbonyl (C=O) groups excluding carboxylic acids is 1. The Morgan fingerprint density at radius 2 is 1.96 bits per heavy atom. The zero-order valence-corrected chi connectivity index (χ0v) is 14.9. The summed E-state index contributed by atoms with van der Waals surface area (Å²) in [6.45, 7) is 6.71. The van der Waals surface area contributed by atoms with E-state index in [2.05, 4.69) is 15.3 Å². The van der Waals surface area contributed by atoms with Crippen molar-refractivity contribution in [2.45, 2.75) is 71.6 Å². The molecule has 6 heteroatoms. The standard InChI is InChI=1S/C18H27N5O/c1-4-10-19-16(24)11-15-12(2)20-18-21-17(22-23(18)13(15)3)14-8-6-5-7-9-14/h14H,4-11H2,1-3H3,(H,19,24). The average Bonchev–Trinajstić information content (AvgIpc) is 3.01. The van der Waals surface area contributed by atoms with Crippen molar-refractivity contribution in [1.82, 2.24) is 24.9 Å². The van der Waals surface area contributed by atoms with Crippen molar-refractivity contribution < 1.29 is 4.79 Å². The minimum absolute atomic E-state index is 0.0387. The third kappa shape index (κ3) is 3.42. The van der Waals surface area contributed by atoms with Crippen LogP contribution in [0.5, 0.6) is 0 Å². The molecule has 2 heterocycles. The molecule has 1 saturated carbocycles. The van der Waals surface area contributed by atoms with Crippen LogP contribution in [-0.2, 0) is 11.2 Å². The van der Waals surface area contributed by atoms with Crippen LogP contribution in [0.25, 0.3) is 5.78 Å². The van der Waals surface area contributed by atoms with Gasteiger partial charge in [-0.3, -0.25) is 4.79 Å². The first-order chi connectivity index (χ1) is 11.6. The Labute approximate surface area is 143 Å². The summed E-state index contributed by atoms with van der Waals surface area (Å²) in [7, 11) is 0. The molecule has 0 bridgehead atoms. The Hall–Kier alpha value is -1.98. The summed E-state index contributed by atoms with van der Waals surface area (Å²) >= 11 is 0. The quantitative estimate of drug-likeness (QED) is 0.915. The molecule has 0 atom stereocenters. The largest absolute Gasteiger partial charge is 0.356 e. The number of rotatable bonds is 5. The molecule has 130 valence electrons. The van der Waals surface area contributed by atoms with E-state index in [1.54, 1.807) is 0 Å². The second kappa shape index (κ2) is 7.28. The molecule has 0 saturated heterocycles. The number of hydrogen-bond acceptors (Lipinski definition) is 4. The summed E-state index contributed by atoms with van der Waals surface area (Å²) in [4.78, 5) is 21.3. The lowest BCUT2D eigenvalue weighted by Crippen LogP contribution is -2.26. The van der Waals surface area contributed by atoms with Crippen LogP contribution in [0.3, 0.4) is 0 Å². The van der Waals surface area contributed by atoms with Crippen molar-refractivity contribution >= 4 is 11.7 Å². The van der Waals surface area contributed by atoms with Crippen LogP contribution < -0.4 is 5.32 Å². The van der Waals surface area contributed by atoms with Crippen LogP contribution in [0.2, 0.25) is 0 Å². The van der Waals surface area contributed by atoms with Crippen molar-refractivity contribution in [2.75, 3.05) is 6.54 Å². The Morgan fingerprint density at radius 3 is 2.67 bits per heavy atom. The third-order valence-electron chi connectivity index (χ3n) is 4.95. The lowest BCUT2D eigenvalue weighted by atomic mass is 9.89. The van der Waals surface area contributed by atoms with E-state index in [0.717, 1.165) is 29.2 Å². The van der Waals surface area contributed by atoms with Gasteiger partial charge in [-0.05, 0) is 33.1 Å². The first kappa shape index (κ1) is 16.9. The van der Waals surface area contributed by atoms with Crippen molar-refractivity contribution in [2.24, 2.45) is 0 Å². The molecule has 1 fully saturated rings. The summed E-state index contributed by atoms with van der Waals surface area (Å²) in [6, 6.07) is 0. The second-order valence-corrected chi connectivity index (χ2v) is 6.80. The fourth-order valence-electron chi connectivity index (χ4n) is 3.50. The minimum atomic E-state index is 0.0387. The van der Waals surface area contributed by atoms with Crippen LogP contribution in [-0.4, -0.2) is 32.0 Å². The normalized spacial score (nSPS) is 15.8. The number of aryl methyl sites for hydroxylation is 2. The van der Waals surface area contributed by atoms with E-state index in [1.807, 2.05) is 25.3 Å². The zero-order valence-electron chi connectivity index (χ0n) is 14.9. The molecule has 1 amide bonds. The molecule has 1 aliphatic rings. The summed E-state index contributed by atoms with van der Waals surface area (Å²) in [5.74, 6) is 2.06. The number of carbonyl (C=O) groups is 1. The van der Waals surface area contributed by atoms with E-state index < -0.39 is 0 Å². The molecule has 1 aliphatic carbocycles. The summed E-state index contributed by atoms with van der Waals surface area (Å²) in [5, 5.41) is 7.65. The van der Waals surface area contributed by atoms with E-state index >= 15 is 0 Å². The smallest absolute Gasteiger partial charge is 0.252 e. The van der Waals surface area contributed by atoms with Gasteiger partial charge in [0.1, 0.15) is 0 Å². The van der Waals surface area contributed by atoms with Crippen molar-refractivity contribution in [3.05, 3.63) is 22.8 Å². The first-order valence-electron chi connectivity index (χ1n) is 9.09. The number of nitrogens with zero attached hydrogens (tertiary/aromatic N) is 4. The van der Waals surface area contributed by atoms with Gasteiger partial charge in [0, 0.05) is 29.4 Å². The lowest BCUT2D eigenvalue weighted by Gasteiger charge is -2.17. The van der Waals surface area contributed by atoms with Gasteiger partial charge < -0.3 is 5.32 Å². The molecule has 1 N–H and O–H groups in total. The Morgan fingerprint density at radius 1 is 1.21 bits per heavy atom. The monoisotopic (exact) mass is 329 g/mol. The highest BCUT2D eigenvalue weighted by Crippen LogP contribution is 2.31. The van der Waals surface area contributed by atoms with Crippen LogP contribution in [0, 0.1) is 13.8 Å². The van der Waals surface area contributed by atoms with Crippen LogP contribution in [0.1, 0.15) is 74.1 Å². The summed E-state index contributed by atoms with van der Waals surface area (Å²) in [5.41, 5.74) is 2.80. The Balaban J connectivity index is 1.89. The SMILES string of the molecule is CCCNC(=O)Cc1c(C)nc2nc(C3CCCCC3)nn2c1C. The van der Waals surface area contributed by atoms with Crippen LogP contribution in [0.4, 0.5) is 0 Å². The maximum absolute atomic E-state index is 12.1. The van der Waals surface area contributed by atoms with Gasteiger partial charge in [-0.25, -0.2) is 9.50 Å². The highest BCUT2D eigenvalue weighted by Gasteiger charge is 2.22. The molecule has 0 spiro atoms. The highest BCUT2D eigenvalue weighted by atomic mass is 16.1. The van der Waals surface area contributed by atoms with Gasteiger partial charge in [0.2, 0.25) is 5.91 Å². The Kier molecular flexibility index (Phi) is 5.11. The maximum Gasteiger partial charge on any atom is 0.252 e. The molecule has 0 aliphatic heterocycles. The van der Waals surface area contributed by atoms with E-state index in [0.29, 0.717) is 24.7 Å². The van der Waals surface area contributed by atoms with Crippen LogP contribution >= 0.6 is 0 Å². The van der Waals surface area contributed by atoms with Gasteiger partial charge in [0.15, 0.2) is 5.82 Å². The fraction of sp³-hybridized carbons (Fsp3) is 0.667. The molecule has 2 aromatic heterocycles. The predicted molar refractivity (Wildman–Crippen MR) is 93.1 cm³/mol. The molecular formula is C18H27N5O.